The van der Waals surface area contributed by atoms with Gasteiger partial charge < -0.3 is 10.3 Å². The number of hydrogen-bond donors (Lipinski definition) is 1. The molecular formula is C17H16N2O. The highest BCUT2D eigenvalue weighted by molar-refractivity contribution is 6.16. The monoisotopic (exact) mass is 264 g/mol. The van der Waals surface area contributed by atoms with E-state index in [2.05, 4.69) is 0 Å². The second kappa shape index (κ2) is 4.94. The molecule has 3 nitrogen and oxygen atoms in total. The van der Waals surface area contributed by atoms with E-state index in [0.717, 1.165) is 22.0 Å². The third-order valence-corrected chi connectivity index (χ3v) is 3.57. The molecule has 0 aliphatic carbocycles. The van der Waals surface area contributed by atoms with Gasteiger partial charge in [0.25, 0.3) is 0 Å². The number of rotatable bonds is 3. The summed E-state index contributed by atoms with van der Waals surface area (Å²) in [7, 11) is 1.95. The molecule has 0 saturated heterocycles. The molecule has 1 heterocycles. The fourth-order valence-corrected chi connectivity index (χ4v) is 2.52. The summed E-state index contributed by atoms with van der Waals surface area (Å²) in [5.41, 5.74) is 9.08. The van der Waals surface area contributed by atoms with Crippen LogP contribution in [0.5, 0.6) is 0 Å². The molecule has 0 unspecified atom stereocenters. The first-order chi connectivity index (χ1) is 9.70. The highest BCUT2D eigenvalue weighted by atomic mass is 16.1. The van der Waals surface area contributed by atoms with Gasteiger partial charge >= 0.3 is 0 Å². The number of nitrogens with zero attached hydrogens (tertiary/aromatic N) is 1. The van der Waals surface area contributed by atoms with Crippen LogP contribution >= 0.6 is 0 Å². The third kappa shape index (κ3) is 2.02. The van der Waals surface area contributed by atoms with Crippen molar-refractivity contribution >= 4 is 16.7 Å². The largest absolute Gasteiger partial charge is 0.350 e. The van der Waals surface area contributed by atoms with Gasteiger partial charge in [0.05, 0.1) is 0 Å². The molecule has 3 heteroatoms. The number of nitrogens with two attached hydrogens (primary N) is 1. The molecule has 0 fully saturated rings. The minimum Gasteiger partial charge on any atom is -0.350 e. The molecule has 0 saturated carbocycles. The van der Waals surface area contributed by atoms with Gasteiger partial charge in [-0.05, 0) is 17.7 Å². The fraction of sp³-hybridized carbons (Fsp3) is 0.118. The van der Waals surface area contributed by atoms with Crippen LogP contribution in [0.25, 0.3) is 10.9 Å². The lowest BCUT2D eigenvalue weighted by Crippen LogP contribution is -2.03. The molecular weight excluding hydrogens is 248 g/mol. The van der Waals surface area contributed by atoms with Gasteiger partial charge in [0, 0.05) is 41.8 Å². The Morgan fingerprint density at radius 2 is 1.95 bits per heavy atom. The topological polar surface area (TPSA) is 48.0 Å². The fourth-order valence-electron chi connectivity index (χ4n) is 2.52. The van der Waals surface area contributed by atoms with Crippen molar-refractivity contribution in [3.8, 4) is 0 Å². The van der Waals surface area contributed by atoms with Gasteiger partial charge in [0.15, 0.2) is 5.78 Å². The number of aryl methyl sites for hydroxylation is 1. The molecule has 0 bridgehead atoms. The molecule has 3 rings (SSSR count). The highest BCUT2D eigenvalue weighted by Crippen LogP contribution is 2.23. The SMILES string of the molecule is Cn1cc(C(=O)c2cccc(CN)c2)c2ccccc21. The minimum absolute atomic E-state index is 0.0390. The zero-order valence-corrected chi connectivity index (χ0v) is 11.3. The van der Waals surface area contributed by atoms with Gasteiger partial charge in [-0.25, -0.2) is 0 Å². The van der Waals surface area contributed by atoms with Crippen molar-refractivity contribution in [3.63, 3.8) is 0 Å². The quantitative estimate of drug-likeness (QED) is 0.739. The Morgan fingerprint density at radius 3 is 2.75 bits per heavy atom. The number of fused-ring (bicyclic) bond motifs is 1. The number of carbonyl (C=O) groups is 1. The Hall–Kier alpha value is -2.39. The smallest absolute Gasteiger partial charge is 0.195 e. The summed E-state index contributed by atoms with van der Waals surface area (Å²) >= 11 is 0. The predicted molar refractivity (Wildman–Crippen MR) is 80.7 cm³/mol. The van der Waals surface area contributed by atoms with Crippen molar-refractivity contribution in [3.05, 3.63) is 71.4 Å². The van der Waals surface area contributed by atoms with E-state index in [1.807, 2.05) is 66.3 Å². The van der Waals surface area contributed by atoms with E-state index in [0.29, 0.717) is 12.1 Å². The summed E-state index contributed by atoms with van der Waals surface area (Å²) in [6, 6.07) is 15.4. The maximum absolute atomic E-state index is 12.7. The number of benzene rings is 2. The number of carbonyl (C=O) groups excluding carboxylic acids is 1. The third-order valence-electron chi connectivity index (χ3n) is 3.57. The van der Waals surface area contributed by atoms with Crippen LogP contribution in [0.15, 0.2) is 54.7 Å². The summed E-state index contributed by atoms with van der Waals surface area (Å²) in [5.74, 6) is 0.0390. The van der Waals surface area contributed by atoms with Gasteiger partial charge in [-0.3, -0.25) is 4.79 Å². The first-order valence-electron chi connectivity index (χ1n) is 6.58. The number of ketones is 1. The second-order valence-electron chi connectivity index (χ2n) is 4.90. The van der Waals surface area contributed by atoms with Crippen molar-refractivity contribution in [1.82, 2.24) is 4.57 Å². The van der Waals surface area contributed by atoms with Crippen molar-refractivity contribution < 1.29 is 4.79 Å². The normalized spacial score (nSPS) is 10.9. The molecule has 0 spiro atoms. The average Bonchev–Trinajstić information content (AvgIpc) is 2.84. The van der Waals surface area contributed by atoms with Crippen molar-refractivity contribution in [2.24, 2.45) is 12.8 Å². The lowest BCUT2D eigenvalue weighted by atomic mass is 10.0. The molecule has 1 aromatic heterocycles. The maximum atomic E-state index is 12.7. The standard InChI is InChI=1S/C17H16N2O/c1-19-11-15(14-7-2-3-8-16(14)19)17(20)13-6-4-5-12(9-13)10-18/h2-9,11H,10,18H2,1H3. The summed E-state index contributed by atoms with van der Waals surface area (Å²) in [6.07, 6.45) is 1.89. The lowest BCUT2D eigenvalue weighted by Gasteiger charge is -2.02. The van der Waals surface area contributed by atoms with Crippen LogP contribution in [0.2, 0.25) is 0 Å². The van der Waals surface area contributed by atoms with Crippen LogP contribution in [-0.4, -0.2) is 10.4 Å². The molecule has 0 aliphatic rings. The zero-order valence-electron chi connectivity index (χ0n) is 11.3. The predicted octanol–water partition coefficient (Wildman–Crippen LogP) is 2.87. The molecule has 0 amide bonds. The number of hydrogen-bond acceptors (Lipinski definition) is 2. The van der Waals surface area contributed by atoms with Gasteiger partial charge in [-0.15, -0.1) is 0 Å². The van der Waals surface area contributed by atoms with Crippen LogP contribution in [-0.2, 0) is 13.6 Å². The van der Waals surface area contributed by atoms with Crippen molar-refractivity contribution in [2.45, 2.75) is 6.54 Å². The van der Waals surface area contributed by atoms with Crippen molar-refractivity contribution in [1.29, 1.82) is 0 Å². The molecule has 0 aliphatic heterocycles. The Kier molecular flexibility index (Phi) is 3.12. The minimum atomic E-state index is 0.0390. The molecule has 100 valence electrons. The lowest BCUT2D eigenvalue weighted by molar-refractivity contribution is 0.104. The molecule has 0 radical (unpaired) electrons. The van der Waals surface area contributed by atoms with Crippen LogP contribution in [0, 0.1) is 0 Å². The number of para-hydroxylation sites is 1. The van der Waals surface area contributed by atoms with E-state index < -0.39 is 0 Å². The summed E-state index contributed by atoms with van der Waals surface area (Å²) in [6.45, 7) is 0.441. The van der Waals surface area contributed by atoms with Crippen LogP contribution < -0.4 is 5.73 Å². The van der Waals surface area contributed by atoms with Crippen molar-refractivity contribution in [2.75, 3.05) is 0 Å². The van der Waals surface area contributed by atoms with Gasteiger partial charge in [-0.1, -0.05) is 36.4 Å². The first kappa shape index (κ1) is 12.6. The second-order valence-corrected chi connectivity index (χ2v) is 4.90. The van der Waals surface area contributed by atoms with E-state index in [4.69, 9.17) is 5.73 Å². The summed E-state index contributed by atoms with van der Waals surface area (Å²) in [4.78, 5) is 12.7. The van der Waals surface area contributed by atoms with Gasteiger partial charge in [-0.2, -0.15) is 0 Å². The molecule has 2 N–H and O–H groups in total. The van der Waals surface area contributed by atoms with E-state index in [-0.39, 0.29) is 5.78 Å². The highest BCUT2D eigenvalue weighted by Gasteiger charge is 2.15. The Balaban J connectivity index is 2.13. The first-order valence-corrected chi connectivity index (χ1v) is 6.58. The van der Waals surface area contributed by atoms with E-state index >= 15 is 0 Å². The zero-order chi connectivity index (χ0) is 14.1. The number of aromatic nitrogens is 1. The Labute approximate surface area is 117 Å². The van der Waals surface area contributed by atoms with E-state index in [1.165, 1.54) is 0 Å². The Bertz CT molecular complexity index is 787. The van der Waals surface area contributed by atoms with E-state index in [1.54, 1.807) is 0 Å². The van der Waals surface area contributed by atoms with Crippen LogP contribution in [0.4, 0.5) is 0 Å². The molecule has 3 aromatic rings. The summed E-state index contributed by atoms with van der Waals surface area (Å²) < 4.78 is 1.98. The average molecular weight is 264 g/mol. The van der Waals surface area contributed by atoms with Gasteiger partial charge in [0.1, 0.15) is 0 Å². The molecule has 2 aromatic carbocycles. The Morgan fingerprint density at radius 1 is 1.15 bits per heavy atom. The van der Waals surface area contributed by atoms with E-state index in [9.17, 15) is 4.79 Å². The van der Waals surface area contributed by atoms with Crippen LogP contribution in [0.1, 0.15) is 21.5 Å². The van der Waals surface area contributed by atoms with Crippen LogP contribution in [0.3, 0.4) is 0 Å². The maximum Gasteiger partial charge on any atom is 0.195 e. The van der Waals surface area contributed by atoms with Gasteiger partial charge in [0.2, 0.25) is 0 Å². The molecule has 20 heavy (non-hydrogen) atoms. The summed E-state index contributed by atoms with van der Waals surface area (Å²) in [5, 5.41) is 0.984. The molecule has 0 atom stereocenters.